The third-order valence-electron chi connectivity index (χ3n) is 3.49. The number of benzene rings is 1. The number of hydrogen-bond donors (Lipinski definition) is 1. The molecule has 1 N–H and O–H groups in total. The third-order valence-corrected chi connectivity index (χ3v) is 3.49. The second kappa shape index (κ2) is 5.71. The van der Waals surface area contributed by atoms with Gasteiger partial charge in [0.05, 0.1) is 12.1 Å². The van der Waals surface area contributed by atoms with Crippen LogP contribution in [-0.2, 0) is 0 Å². The average molecular weight is 271 g/mol. The van der Waals surface area contributed by atoms with E-state index in [2.05, 4.69) is 24.4 Å². The number of rotatable bonds is 6. The van der Waals surface area contributed by atoms with Gasteiger partial charge in [-0.3, -0.25) is 0 Å². The zero-order valence-corrected chi connectivity index (χ0v) is 12.1. The number of furan rings is 1. The first-order chi connectivity index (χ1) is 9.76. The van der Waals surface area contributed by atoms with Gasteiger partial charge in [0.15, 0.2) is 0 Å². The molecule has 0 saturated heterocycles. The van der Waals surface area contributed by atoms with E-state index in [9.17, 15) is 0 Å². The molecule has 1 heterocycles. The Morgan fingerprint density at radius 3 is 2.50 bits per heavy atom. The van der Waals surface area contributed by atoms with E-state index in [1.807, 2.05) is 31.2 Å². The minimum absolute atomic E-state index is 0.101. The van der Waals surface area contributed by atoms with Crippen LogP contribution in [-0.4, -0.2) is 12.6 Å². The fourth-order valence-corrected chi connectivity index (χ4v) is 2.31. The summed E-state index contributed by atoms with van der Waals surface area (Å²) in [6.07, 6.45) is 2.82. The van der Waals surface area contributed by atoms with Crippen LogP contribution in [0, 0.1) is 6.92 Å². The van der Waals surface area contributed by atoms with Crippen molar-refractivity contribution in [2.24, 2.45) is 0 Å². The summed E-state index contributed by atoms with van der Waals surface area (Å²) in [5.74, 6) is 2.86. The predicted octanol–water partition coefficient (Wildman–Crippen LogP) is 3.83. The Labute approximate surface area is 119 Å². The lowest BCUT2D eigenvalue weighted by Crippen LogP contribution is -2.21. The Kier molecular flexibility index (Phi) is 3.79. The molecule has 0 spiro atoms. The molecule has 1 fully saturated rings. The molecule has 0 bridgehead atoms. The van der Waals surface area contributed by atoms with Crippen LogP contribution in [0.4, 0.5) is 0 Å². The molecule has 1 atom stereocenters. The van der Waals surface area contributed by atoms with Crippen LogP contribution in [0.15, 0.2) is 40.8 Å². The van der Waals surface area contributed by atoms with Gasteiger partial charge in [0, 0.05) is 0 Å². The highest BCUT2D eigenvalue weighted by molar-refractivity contribution is 5.33. The van der Waals surface area contributed by atoms with Crippen LogP contribution in [0.25, 0.3) is 0 Å². The zero-order chi connectivity index (χ0) is 13.9. The van der Waals surface area contributed by atoms with E-state index >= 15 is 0 Å². The van der Waals surface area contributed by atoms with Crippen molar-refractivity contribution in [2.75, 3.05) is 6.54 Å². The maximum Gasteiger partial charge on any atom is 0.125 e. The molecule has 106 valence electrons. The Morgan fingerprint density at radius 2 is 1.95 bits per heavy atom. The van der Waals surface area contributed by atoms with Gasteiger partial charge < -0.3 is 14.5 Å². The van der Waals surface area contributed by atoms with Crippen molar-refractivity contribution in [1.29, 1.82) is 0 Å². The fraction of sp³-hybridized carbons (Fsp3) is 0.412. The fourth-order valence-electron chi connectivity index (χ4n) is 2.31. The maximum absolute atomic E-state index is 5.79. The van der Waals surface area contributed by atoms with Gasteiger partial charge in [-0.25, -0.2) is 0 Å². The molecule has 3 heteroatoms. The van der Waals surface area contributed by atoms with Gasteiger partial charge >= 0.3 is 0 Å². The van der Waals surface area contributed by atoms with E-state index in [0.29, 0.717) is 6.10 Å². The molecular weight excluding hydrogens is 250 g/mol. The monoisotopic (exact) mass is 271 g/mol. The zero-order valence-electron chi connectivity index (χ0n) is 12.1. The number of hydrogen-bond acceptors (Lipinski definition) is 3. The SMILES string of the molecule is CCNC(c1ccc(OC2CC2)cc1)c1ccc(C)o1. The van der Waals surface area contributed by atoms with E-state index in [4.69, 9.17) is 9.15 Å². The summed E-state index contributed by atoms with van der Waals surface area (Å²) in [6, 6.07) is 12.5. The summed E-state index contributed by atoms with van der Waals surface area (Å²) in [5, 5.41) is 3.47. The van der Waals surface area contributed by atoms with Gasteiger partial charge in [0.2, 0.25) is 0 Å². The highest BCUT2D eigenvalue weighted by Gasteiger charge is 2.23. The summed E-state index contributed by atoms with van der Waals surface area (Å²) >= 11 is 0. The van der Waals surface area contributed by atoms with Crippen molar-refractivity contribution in [2.45, 2.75) is 38.8 Å². The lowest BCUT2D eigenvalue weighted by molar-refractivity contribution is 0.303. The van der Waals surface area contributed by atoms with Crippen molar-refractivity contribution >= 4 is 0 Å². The molecular formula is C17H21NO2. The van der Waals surface area contributed by atoms with E-state index < -0.39 is 0 Å². The summed E-state index contributed by atoms with van der Waals surface area (Å²) in [6.45, 7) is 4.97. The van der Waals surface area contributed by atoms with Gasteiger partial charge in [0.1, 0.15) is 17.3 Å². The summed E-state index contributed by atoms with van der Waals surface area (Å²) in [4.78, 5) is 0. The van der Waals surface area contributed by atoms with Crippen molar-refractivity contribution in [3.8, 4) is 5.75 Å². The molecule has 20 heavy (non-hydrogen) atoms. The molecule has 2 aromatic rings. The van der Waals surface area contributed by atoms with E-state index in [-0.39, 0.29) is 6.04 Å². The first kappa shape index (κ1) is 13.3. The highest BCUT2D eigenvalue weighted by atomic mass is 16.5. The topological polar surface area (TPSA) is 34.4 Å². The third kappa shape index (κ3) is 3.05. The van der Waals surface area contributed by atoms with Crippen LogP contribution in [0.2, 0.25) is 0 Å². The van der Waals surface area contributed by atoms with Crippen LogP contribution >= 0.6 is 0 Å². The molecule has 0 aliphatic heterocycles. The smallest absolute Gasteiger partial charge is 0.125 e. The lowest BCUT2D eigenvalue weighted by atomic mass is 10.0. The molecule has 1 aliphatic rings. The number of nitrogens with one attached hydrogen (secondary N) is 1. The van der Waals surface area contributed by atoms with Crippen molar-refractivity contribution in [3.05, 3.63) is 53.5 Å². The van der Waals surface area contributed by atoms with Crippen molar-refractivity contribution < 1.29 is 9.15 Å². The molecule has 3 nitrogen and oxygen atoms in total. The maximum atomic E-state index is 5.79. The van der Waals surface area contributed by atoms with Gasteiger partial charge in [-0.1, -0.05) is 19.1 Å². The van der Waals surface area contributed by atoms with Crippen molar-refractivity contribution in [3.63, 3.8) is 0 Å². The Bertz CT molecular complexity index is 555. The van der Waals surface area contributed by atoms with Crippen LogP contribution in [0.5, 0.6) is 5.75 Å². The van der Waals surface area contributed by atoms with Crippen molar-refractivity contribution in [1.82, 2.24) is 5.32 Å². The summed E-state index contributed by atoms with van der Waals surface area (Å²) in [7, 11) is 0. The molecule has 1 aromatic carbocycles. The number of aryl methyl sites for hydroxylation is 1. The predicted molar refractivity (Wildman–Crippen MR) is 79.1 cm³/mol. The quantitative estimate of drug-likeness (QED) is 0.867. The Morgan fingerprint density at radius 1 is 1.20 bits per heavy atom. The first-order valence-corrected chi connectivity index (χ1v) is 7.32. The van der Waals surface area contributed by atoms with E-state index in [0.717, 1.165) is 23.8 Å². The van der Waals surface area contributed by atoms with Gasteiger partial charge in [0.25, 0.3) is 0 Å². The lowest BCUT2D eigenvalue weighted by Gasteiger charge is -2.16. The van der Waals surface area contributed by atoms with Crippen LogP contribution in [0.1, 0.15) is 42.9 Å². The van der Waals surface area contributed by atoms with E-state index in [1.54, 1.807) is 0 Å². The Hall–Kier alpha value is -1.74. The molecule has 1 aromatic heterocycles. The summed E-state index contributed by atoms with van der Waals surface area (Å²) in [5.41, 5.74) is 1.20. The normalized spacial score (nSPS) is 16.1. The summed E-state index contributed by atoms with van der Waals surface area (Å²) < 4.78 is 11.5. The Balaban J connectivity index is 1.79. The van der Waals surface area contributed by atoms with Crippen LogP contribution < -0.4 is 10.1 Å². The molecule has 1 unspecified atom stereocenters. The largest absolute Gasteiger partial charge is 0.490 e. The molecule has 0 radical (unpaired) electrons. The molecule has 1 aliphatic carbocycles. The molecule has 0 amide bonds. The van der Waals surface area contributed by atoms with Gasteiger partial charge in [-0.05, 0) is 56.1 Å². The number of ether oxygens (including phenoxy) is 1. The second-order valence-corrected chi connectivity index (χ2v) is 5.33. The highest BCUT2D eigenvalue weighted by Crippen LogP contribution is 2.29. The van der Waals surface area contributed by atoms with Gasteiger partial charge in [-0.2, -0.15) is 0 Å². The van der Waals surface area contributed by atoms with Crippen LogP contribution in [0.3, 0.4) is 0 Å². The second-order valence-electron chi connectivity index (χ2n) is 5.33. The minimum Gasteiger partial charge on any atom is -0.490 e. The van der Waals surface area contributed by atoms with Gasteiger partial charge in [-0.15, -0.1) is 0 Å². The first-order valence-electron chi connectivity index (χ1n) is 7.32. The standard InChI is InChI=1S/C17H21NO2/c1-3-18-17(16-11-4-12(2)19-16)13-5-7-14(8-6-13)20-15-9-10-15/h4-8,11,15,17-18H,3,9-10H2,1-2H3. The van der Waals surface area contributed by atoms with E-state index in [1.165, 1.54) is 18.4 Å². The molecule has 1 saturated carbocycles. The minimum atomic E-state index is 0.101. The average Bonchev–Trinajstić information content (AvgIpc) is 3.17. The molecule has 3 rings (SSSR count).